The zero-order valence-electron chi connectivity index (χ0n) is 6.90. The summed E-state index contributed by atoms with van der Waals surface area (Å²) in [5.41, 5.74) is -1.70. The molecule has 1 aromatic heterocycles. The predicted molar refractivity (Wildman–Crippen MR) is 40.3 cm³/mol. The highest BCUT2D eigenvalue weighted by Gasteiger charge is 2.36. The van der Waals surface area contributed by atoms with Crippen molar-refractivity contribution in [3.05, 3.63) is 24.2 Å². The number of carbonyl (C=O) groups is 1. The lowest BCUT2D eigenvalue weighted by Gasteiger charge is -2.16. The number of furan rings is 1. The highest BCUT2D eigenvalue weighted by atomic mass is 16.5. The molecular formula is C8H10O4. The summed E-state index contributed by atoms with van der Waals surface area (Å²) in [6.45, 7) is 1.32. The van der Waals surface area contributed by atoms with E-state index in [1.807, 2.05) is 0 Å². The van der Waals surface area contributed by atoms with Crippen molar-refractivity contribution in [2.24, 2.45) is 0 Å². The lowest BCUT2D eigenvalue weighted by Crippen LogP contribution is -2.32. The molecule has 4 nitrogen and oxygen atoms in total. The summed E-state index contributed by atoms with van der Waals surface area (Å²) in [4.78, 5) is 11.0. The maximum atomic E-state index is 11.0. The van der Waals surface area contributed by atoms with Crippen LogP contribution < -0.4 is 0 Å². The summed E-state index contributed by atoms with van der Waals surface area (Å²) in [7, 11) is 1.21. The summed E-state index contributed by atoms with van der Waals surface area (Å²) in [6.07, 6.45) is 1.38. The van der Waals surface area contributed by atoms with E-state index >= 15 is 0 Å². The van der Waals surface area contributed by atoms with Crippen LogP contribution in [0.5, 0.6) is 0 Å². The first-order valence-corrected chi connectivity index (χ1v) is 3.44. The third-order valence-electron chi connectivity index (χ3n) is 1.58. The summed E-state index contributed by atoms with van der Waals surface area (Å²) >= 11 is 0. The first-order chi connectivity index (χ1) is 5.59. The van der Waals surface area contributed by atoms with Gasteiger partial charge in [-0.05, 0) is 19.1 Å². The molecule has 0 fully saturated rings. The SMILES string of the molecule is COC(=O)C(C)(O)c1ccco1. The van der Waals surface area contributed by atoms with Crippen LogP contribution in [0.2, 0.25) is 0 Å². The Kier molecular flexibility index (Phi) is 2.19. The standard InChI is InChI=1S/C8H10O4/c1-8(10,7(9)11-2)6-4-3-5-12-6/h3-5,10H,1-2H3. The van der Waals surface area contributed by atoms with E-state index in [0.29, 0.717) is 0 Å². The Labute approximate surface area is 69.8 Å². The molecule has 1 rings (SSSR count). The predicted octanol–water partition coefficient (Wildman–Crippen LogP) is 0.660. The minimum absolute atomic E-state index is 0.175. The van der Waals surface area contributed by atoms with Crippen molar-refractivity contribution in [3.63, 3.8) is 0 Å². The van der Waals surface area contributed by atoms with E-state index in [1.54, 1.807) is 6.07 Å². The Morgan fingerprint density at radius 3 is 2.83 bits per heavy atom. The molecule has 1 N–H and O–H groups in total. The van der Waals surface area contributed by atoms with Crippen LogP contribution in [0.3, 0.4) is 0 Å². The summed E-state index contributed by atoms with van der Waals surface area (Å²) in [5, 5.41) is 9.57. The Balaban J connectivity index is 2.93. The van der Waals surface area contributed by atoms with Gasteiger partial charge in [-0.25, -0.2) is 4.79 Å². The molecule has 0 bridgehead atoms. The number of hydrogen-bond donors (Lipinski definition) is 1. The lowest BCUT2D eigenvalue weighted by atomic mass is 10.0. The minimum Gasteiger partial charge on any atom is -0.467 e. The molecule has 12 heavy (non-hydrogen) atoms. The third kappa shape index (κ3) is 1.33. The Morgan fingerprint density at radius 2 is 2.42 bits per heavy atom. The van der Waals surface area contributed by atoms with Crippen LogP contribution in [0.1, 0.15) is 12.7 Å². The second kappa shape index (κ2) is 2.98. The third-order valence-corrected chi connectivity index (χ3v) is 1.58. The molecule has 0 aliphatic carbocycles. The minimum atomic E-state index is -1.70. The zero-order valence-corrected chi connectivity index (χ0v) is 6.90. The number of aliphatic hydroxyl groups is 1. The number of esters is 1. The van der Waals surface area contributed by atoms with Crippen LogP contribution in [0, 0.1) is 0 Å². The second-order valence-electron chi connectivity index (χ2n) is 2.54. The molecule has 0 saturated heterocycles. The quantitative estimate of drug-likeness (QED) is 0.662. The van der Waals surface area contributed by atoms with E-state index in [9.17, 15) is 9.90 Å². The van der Waals surface area contributed by atoms with Gasteiger partial charge in [0.1, 0.15) is 5.76 Å². The van der Waals surface area contributed by atoms with Gasteiger partial charge in [0, 0.05) is 0 Å². The molecule has 1 atom stereocenters. The van der Waals surface area contributed by atoms with Gasteiger partial charge < -0.3 is 14.3 Å². The monoisotopic (exact) mass is 170 g/mol. The largest absolute Gasteiger partial charge is 0.467 e. The Bertz CT molecular complexity index is 261. The fraction of sp³-hybridized carbons (Fsp3) is 0.375. The molecule has 66 valence electrons. The number of carbonyl (C=O) groups excluding carboxylic acids is 1. The summed E-state index contributed by atoms with van der Waals surface area (Å²) < 4.78 is 9.26. The smallest absolute Gasteiger partial charge is 0.345 e. The molecule has 0 aliphatic heterocycles. The number of rotatable bonds is 2. The summed E-state index contributed by atoms with van der Waals surface area (Å²) in [6, 6.07) is 3.10. The molecule has 0 amide bonds. The topological polar surface area (TPSA) is 59.7 Å². The van der Waals surface area contributed by atoms with E-state index in [2.05, 4.69) is 4.74 Å². The average Bonchev–Trinajstić information content (AvgIpc) is 2.55. The van der Waals surface area contributed by atoms with Crippen LogP contribution >= 0.6 is 0 Å². The van der Waals surface area contributed by atoms with Crippen molar-refractivity contribution in [3.8, 4) is 0 Å². The van der Waals surface area contributed by atoms with Crippen molar-refractivity contribution in [2.45, 2.75) is 12.5 Å². The molecule has 0 spiro atoms. The van der Waals surface area contributed by atoms with Gasteiger partial charge >= 0.3 is 5.97 Å². The second-order valence-corrected chi connectivity index (χ2v) is 2.54. The zero-order chi connectivity index (χ0) is 9.19. The van der Waals surface area contributed by atoms with Crippen LogP contribution in [0.4, 0.5) is 0 Å². The highest BCUT2D eigenvalue weighted by Crippen LogP contribution is 2.21. The molecule has 1 aromatic rings. The average molecular weight is 170 g/mol. The maximum absolute atomic E-state index is 11.0. The Morgan fingerprint density at radius 1 is 1.75 bits per heavy atom. The number of ether oxygens (including phenoxy) is 1. The van der Waals surface area contributed by atoms with Gasteiger partial charge in [0.15, 0.2) is 0 Å². The van der Waals surface area contributed by atoms with Crippen molar-refractivity contribution in [2.75, 3.05) is 7.11 Å². The maximum Gasteiger partial charge on any atom is 0.345 e. The summed E-state index contributed by atoms with van der Waals surface area (Å²) in [5.74, 6) is -0.563. The fourth-order valence-corrected chi connectivity index (χ4v) is 0.855. The van der Waals surface area contributed by atoms with Crippen LogP contribution in [0.25, 0.3) is 0 Å². The first-order valence-electron chi connectivity index (χ1n) is 3.44. The van der Waals surface area contributed by atoms with Crippen LogP contribution in [0.15, 0.2) is 22.8 Å². The molecule has 0 aromatic carbocycles. The lowest BCUT2D eigenvalue weighted by molar-refractivity contribution is -0.163. The molecular weight excluding hydrogens is 160 g/mol. The normalized spacial score (nSPS) is 15.2. The molecule has 0 aliphatic rings. The van der Waals surface area contributed by atoms with Crippen LogP contribution in [-0.4, -0.2) is 18.2 Å². The van der Waals surface area contributed by atoms with E-state index in [1.165, 1.54) is 26.4 Å². The molecule has 0 saturated carbocycles. The van der Waals surface area contributed by atoms with Gasteiger partial charge in [-0.15, -0.1) is 0 Å². The van der Waals surface area contributed by atoms with Gasteiger partial charge in [-0.1, -0.05) is 0 Å². The van der Waals surface area contributed by atoms with Gasteiger partial charge in [0.05, 0.1) is 13.4 Å². The van der Waals surface area contributed by atoms with E-state index < -0.39 is 11.6 Å². The van der Waals surface area contributed by atoms with Gasteiger partial charge in [-0.3, -0.25) is 0 Å². The van der Waals surface area contributed by atoms with Crippen molar-refractivity contribution < 1.29 is 19.1 Å². The number of methoxy groups -OCH3 is 1. The highest BCUT2D eigenvalue weighted by molar-refractivity contribution is 5.79. The first kappa shape index (κ1) is 8.80. The Hall–Kier alpha value is -1.29. The van der Waals surface area contributed by atoms with Crippen LogP contribution in [-0.2, 0) is 15.1 Å². The van der Waals surface area contributed by atoms with E-state index in [4.69, 9.17) is 4.42 Å². The van der Waals surface area contributed by atoms with Crippen molar-refractivity contribution >= 4 is 5.97 Å². The number of hydrogen-bond acceptors (Lipinski definition) is 4. The van der Waals surface area contributed by atoms with Gasteiger partial charge in [-0.2, -0.15) is 0 Å². The fourth-order valence-electron chi connectivity index (χ4n) is 0.855. The van der Waals surface area contributed by atoms with E-state index in [0.717, 1.165) is 0 Å². The molecule has 1 heterocycles. The van der Waals surface area contributed by atoms with Crippen molar-refractivity contribution in [1.29, 1.82) is 0 Å². The van der Waals surface area contributed by atoms with E-state index in [-0.39, 0.29) is 5.76 Å². The molecule has 4 heteroatoms. The molecule has 1 unspecified atom stereocenters. The van der Waals surface area contributed by atoms with Gasteiger partial charge in [0.25, 0.3) is 0 Å². The van der Waals surface area contributed by atoms with Crippen molar-refractivity contribution in [1.82, 2.24) is 0 Å². The van der Waals surface area contributed by atoms with Gasteiger partial charge in [0.2, 0.25) is 5.60 Å². The molecule has 0 radical (unpaired) electrons.